The molecule has 0 aliphatic carbocycles. The van der Waals surface area contributed by atoms with Crippen molar-refractivity contribution in [1.82, 2.24) is 9.97 Å². The highest BCUT2D eigenvalue weighted by molar-refractivity contribution is 7.08. The van der Waals surface area contributed by atoms with Crippen LogP contribution in [0.3, 0.4) is 0 Å². The first-order valence-corrected chi connectivity index (χ1v) is 6.28. The van der Waals surface area contributed by atoms with Crippen LogP contribution in [0.1, 0.15) is 0 Å². The molecule has 0 aromatic carbocycles. The van der Waals surface area contributed by atoms with Crippen molar-refractivity contribution in [3.05, 3.63) is 59.6 Å². The Hall–Kier alpha value is -2.00. The zero-order valence-corrected chi connectivity index (χ0v) is 9.89. The van der Waals surface area contributed by atoms with Gasteiger partial charge in [-0.05, 0) is 52.2 Å². The van der Waals surface area contributed by atoms with E-state index in [9.17, 15) is 0 Å². The van der Waals surface area contributed by atoms with Crippen molar-refractivity contribution < 1.29 is 0 Å². The third-order valence-corrected chi connectivity index (χ3v) is 3.23. The van der Waals surface area contributed by atoms with Gasteiger partial charge in [0.15, 0.2) is 0 Å². The average molecular weight is 238 g/mol. The summed E-state index contributed by atoms with van der Waals surface area (Å²) in [6.45, 7) is 0. The van der Waals surface area contributed by atoms with E-state index in [4.69, 9.17) is 0 Å². The van der Waals surface area contributed by atoms with E-state index in [1.54, 1.807) is 17.5 Å². The molecule has 0 unspecified atom stereocenters. The van der Waals surface area contributed by atoms with Crippen LogP contribution in [0.2, 0.25) is 0 Å². The van der Waals surface area contributed by atoms with E-state index in [2.05, 4.69) is 32.9 Å². The summed E-state index contributed by atoms with van der Waals surface area (Å²) < 4.78 is 0. The molecule has 3 aromatic heterocycles. The second-order valence-corrected chi connectivity index (χ2v) is 4.44. The molecule has 0 bridgehead atoms. The molecule has 3 aromatic rings. The third-order valence-electron chi connectivity index (χ3n) is 2.54. The SMILES string of the molecule is c1ccc(-c2cc(-c3ccsc3)ccn2)nc1. The van der Waals surface area contributed by atoms with Gasteiger partial charge in [-0.2, -0.15) is 11.3 Å². The van der Waals surface area contributed by atoms with Gasteiger partial charge < -0.3 is 0 Å². The van der Waals surface area contributed by atoms with Crippen LogP contribution in [0.15, 0.2) is 59.6 Å². The van der Waals surface area contributed by atoms with Crippen molar-refractivity contribution in [3.8, 4) is 22.5 Å². The molecule has 0 saturated heterocycles. The van der Waals surface area contributed by atoms with Crippen LogP contribution in [-0.2, 0) is 0 Å². The number of hydrogen-bond donors (Lipinski definition) is 0. The molecule has 0 fully saturated rings. The molecule has 82 valence electrons. The van der Waals surface area contributed by atoms with E-state index in [1.165, 1.54) is 11.1 Å². The van der Waals surface area contributed by atoms with Crippen LogP contribution < -0.4 is 0 Å². The lowest BCUT2D eigenvalue weighted by Crippen LogP contribution is -1.86. The maximum atomic E-state index is 4.36. The molecule has 17 heavy (non-hydrogen) atoms. The van der Waals surface area contributed by atoms with Crippen LogP contribution in [0.25, 0.3) is 22.5 Å². The molecule has 3 heterocycles. The predicted octanol–water partition coefficient (Wildman–Crippen LogP) is 3.87. The van der Waals surface area contributed by atoms with Crippen molar-refractivity contribution >= 4 is 11.3 Å². The van der Waals surface area contributed by atoms with Gasteiger partial charge in [-0.1, -0.05) is 6.07 Å². The Kier molecular flexibility index (Phi) is 2.68. The highest BCUT2D eigenvalue weighted by atomic mass is 32.1. The molecule has 0 atom stereocenters. The lowest BCUT2D eigenvalue weighted by molar-refractivity contribution is 1.25. The minimum Gasteiger partial charge on any atom is -0.255 e. The van der Waals surface area contributed by atoms with Crippen molar-refractivity contribution in [1.29, 1.82) is 0 Å². The van der Waals surface area contributed by atoms with Crippen molar-refractivity contribution in [2.24, 2.45) is 0 Å². The predicted molar refractivity (Wildman–Crippen MR) is 70.8 cm³/mol. The molecule has 0 aliphatic rings. The van der Waals surface area contributed by atoms with Crippen LogP contribution >= 0.6 is 11.3 Å². The van der Waals surface area contributed by atoms with E-state index in [0.717, 1.165) is 11.4 Å². The van der Waals surface area contributed by atoms with E-state index in [0.29, 0.717) is 0 Å². The van der Waals surface area contributed by atoms with E-state index in [1.807, 2.05) is 30.5 Å². The van der Waals surface area contributed by atoms with Gasteiger partial charge in [0.05, 0.1) is 11.4 Å². The Morgan fingerprint density at radius 3 is 2.53 bits per heavy atom. The van der Waals surface area contributed by atoms with Gasteiger partial charge in [0.1, 0.15) is 0 Å². The molecular formula is C14H10N2S. The van der Waals surface area contributed by atoms with E-state index < -0.39 is 0 Å². The Morgan fingerprint density at radius 2 is 1.76 bits per heavy atom. The van der Waals surface area contributed by atoms with E-state index >= 15 is 0 Å². The number of pyridine rings is 2. The van der Waals surface area contributed by atoms with E-state index in [-0.39, 0.29) is 0 Å². The Labute approximate surface area is 104 Å². The van der Waals surface area contributed by atoms with Crippen molar-refractivity contribution in [3.63, 3.8) is 0 Å². The first-order chi connectivity index (χ1) is 8.43. The second kappa shape index (κ2) is 4.47. The summed E-state index contributed by atoms with van der Waals surface area (Å²) in [5.74, 6) is 0. The molecule has 3 rings (SSSR count). The molecule has 0 spiro atoms. The summed E-state index contributed by atoms with van der Waals surface area (Å²) in [4.78, 5) is 8.67. The first kappa shape index (κ1) is 10.2. The minimum atomic E-state index is 0.907. The normalized spacial score (nSPS) is 10.4. The summed E-state index contributed by atoms with van der Waals surface area (Å²) in [7, 11) is 0. The monoisotopic (exact) mass is 238 g/mol. The molecule has 0 saturated carbocycles. The summed E-state index contributed by atoms with van der Waals surface area (Å²) >= 11 is 1.70. The Bertz CT molecular complexity index is 603. The second-order valence-electron chi connectivity index (χ2n) is 3.66. The summed E-state index contributed by atoms with van der Waals surface area (Å²) in [5, 5.41) is 4.22. The molecule has 0 amide bonds. The maximum Gasteiger partial charge on any atom is 0.0892 e. The topological polar surface area (TPSA) is 25.8 Å². The van der Waals surface area contributed by atoms with Gasteiger partial charge in [-0.3, -0.25) is 9.97 Å². The lowest BCUT2D eigenvalue weighted by atomic mass is 10.1. The fourth-order valence-corrected chi connectivity index (χ4v) is 2.36. The standard InChI is InChI=1S/C14H10N2S/c1-2-6-15-13(3-1)14-9-11(4-7-16-14)12-5-8-17-10-12/h1-10H. The van der Waals surface area contributed by atoms with Gasteiger partial charge in [0.2, 0.25) is 0 Å². The fraction of sp³-hybridized carbons (Fsp3) is 0. The van der Waals surface area contributed by atoms with Gasteiger partial charge in [-0.15, -0.1) is 0 Å². The fourth-order valence-electron chi connectivity index (χ4n) is 1.69. The molecule has 2 nitrogen and oxygen atoms in total. The molecule has 0 N–H and O–H groups in total. The Balaban J connectivity index is 2.06. The number of nitrogens with zero attached hydrogens (tertiary/aromatic N) is 2. The van der Waals surface area contributed by atoms with Crippen LogP contribution in [-0.4, -0.2) is 9.97 Å². The smallest absolute Gasteiger partial charge is 0.0892 e. The van der Waals surface area contributed by atoms with Crippen LogP contribution in [0.5, 0.6) is 0 Å². The Morgan fingerprint density at radius 1 is 0.824 bits per heavy atom. The zero-order chi connectivity index (χ0) is 11.5. The molecule has 3 heteroatoms. The van der Waals surface area contributed by atoms with Gasteiger partial charge in [-0.25, -0.2) is 0 Å². The van der Waals surface area contributed by atoms with Crippen molar-refractivity contribution in [2.45, 2.75) is 0 Å². The van der Waals surface area contributed by atoms with Crippen LogP contribution in [0.4, 0.5) is 0 Å². The number of hydrogen-bond acceptors (Lipinski definition) is 3. The third kappa shape index (κ3) is 2.10. The van der Waals surface area contributed by atoms with Crippen molar-refractivity contribution in [2.75, 3.05) is 0 Å². The van der Waals surface area contributed by atoms with Gasteiger partial charge >= 0.3 is 0 Å². The summed E-state index contributed by atoms with van der Waals surface area (Å²) in [6, 6.07) is 12.1. The number of aromatic nitrogens is 2. The first-order valence-electron chi connectivity index (χ1n) is 5.33. The van der Waals surface area contributed by atoms with Gasteiger partial charge in [0, 0.05) is 12.4 Å². The highest BCUT2D eigenvalue weighted by Crippen LogP contribution is 2.24. The zero-order valence-electron chi connectivity index (χ0n) is 9.08. The van der Waals surface area contributed by atoms with Crippen LogP contribution in [0, 0.1) is 0 Å². The summed E-state index contributed by atoms with van der Waals surface area (Å²) in [6.07, 6.45) is 3.62. The summed E-state index contributed by atoms with van der Waals surface area (Å²) in [5.41, 5.74) is 4.23. The average Bonchev–Trinajstić information content (AvgIpc) is 2.94. The number of thiophene rings is 1. The van der Waals surface area contributed by atoms with Gasteiger partial charge in [0.25, 0.3) is 0 Å². The largest absolute Gasteiger partial charge is 0.255 e. The lowest BCUT2D eigenvalue weighted by Gasteiger charge is -2.02. The minimum absolute atomic E-state index is 0.907. The quantitative estimate of drug-likeness (QED) is 0.677. The molecule has 0 aliphatic heterocycles. The maximum absolute atomic E-state index is 4.36. The molecular weight excluding hydrogens is 228 g/mol. The molecule has 0 radical (unpaired) electrons. The highest BCUT2D eigenvalue weighted by Gasteiger charge is 2.03. The number of rotatable bonds is 2.